The Morgan fingerprint density at radius 2 is 2.25 bits per heavy atom. The van der Waals surface area contributed by atoms with Crippen LogP contribution in [0.3, 0.4) is 0 Å². The number of aryl methyl sites for hydroxylation is 1. The predicted octanol–water partition coefficient (Wildman–Crippen LogP) is 2.09. The maximum absolute atomic E-state index is 12.3. The van der Waals surface area contributed by atoms with Gasteiger partial charge in [0.2, 0.25) is 5.76 Å². The van der Waals surface area contributed by atoms with Crippen molar-refractivity contribution in [2.75, 3.05) is 11.4 Å². The van der Waals surface area contributed by atoms with E-state index in [9.17, 15) is 14.9 Å². The van der Waals surface area contributed by atoms with Gasteiger partial charge in [-0.05, 0) is 18.9 Å². The van der Waals surface area contributed by atoms with E-state index in [0.717, 1.165) is 5.56 Å². The quantitative estimate of drug-likeness (QED) is 0.617. The van der Waals surface area contributed by atoms with Crippen LogP contribution >= 0.6 is 0 Å². The molecule has 0 bridgehead atoms. The van der Waals surface area contributed by atoms with Crippen LogP contribution in [0.1, 0.15) is 21.8 Å². The molecule has 0 radical (unpaired) electrons. The highest BCUT2D eigenvalue weighted by Gasteiger charge is 2.29. The summed E-state index contributed by atoms with van der Waals surface area (Å²) in [4.78, 5) is 24.2. The summed E-state index contributed by atoms with van der Waals surface area (Å²) in [6, 6.07) is 6.11. The molecule has 1 aliphatic heterocycles. The molecular formula is C13H11N3O4. The van der Waals surface area contributed by atoms with Crippen LogP contribution in [0.5, 0.6) is 0 Å². The number of nitrogens with zero attached hydrogens (tertiary/aromatic N) is 3. The molecule has 0 atom stereocenters. The lowest BCUT2D eigenvalue weighted by atomic mass is 10.1. The second-order valence-corrected chi connectivity index (χ2v) is 4.61. The van der Waals surface area contributed by atoms with Crippen molar-refractivity contribution in [3.8, 4) is 0 Å². The molecule has 2 aromatic rings. The van der Waals surface area contributed by atoms with Crippen molar-refractivity contribution in [1.82, 2.24) is 5.16 Å². The second kappa shape index (κ2) is 4.44. The molecule has 7 nitrogen and oxygen atoms in total. The monoisotopic (exact) mass is 273 g/mol. The van der Waals surface area contributed by atoms with Gasteiger partial charge in [-0.15, -0.1) is 0 Å². The first-order valence-corrected chi connectivity index (χ1v) is 6.09. The van der Waals surface area contributed by atoms with E-state index < -0.39 is 4.92 Å². The van der Waals surface area contributed by atoms with Gasteiger partial charge in [0.15, 0.2) is 0 Å². The zero-order chi connectivity index (χ0) is 14.3. The lowest BCUT2D eigenvalue weighted by molar-refractivity contribution is -0.384. The minimum Gasteiger partial charge on any atom is -0.351 e. The van der Waals surface area contributed by atoms with Crippen LogP contribution in [0.25, 0.3) is 0 Å². The van der Waals surface area contributed by atoms with Gasteiger partial charge in [0.1, 0.15) is 0 Å². The molecule has 0 aliphatic carbocycles. The highest BCUT2D eigenvalue weighted by Crippen LogP contribution is 2.32. The van der Waals surface area contributed by atoms with Gasteiger partial charge in [-0.1, -0.05) is 11.2 Å². The summed E-state index contributed by atoms with van der Waals surface area (Å²) in [5.74, 6) is -0.188. The summed E-state index contributed by atoms with van der Waals surface area (Å²) in [6.45, 7) is 2.21. The van der Waals surface area contributed by atoms with Crippen molar-refractivity contribution in [2.45, 2.75) is 13.3 Å². The third kappa shape index (κ3) is 1.93. The summed E-state index contributed by atoms with van der Waals surface area (Å²) < 4.78 is 4.96. The number of aromatic nitrogens is 1. The zero-order valence-corrected chi connectivity index (χ0v) is 10.7. The Balaban J connectivity index is 1.97. The molecule has 102 valence electrons. The number of carbonyl (C=O) groups excluding carboxylic acids is 1. The van der Waals surface area contributed by atoms with E-state index in [4.69, 9.17) is 4.52 Å². The van der Waals surface area contributed by atoms with Crippen molar-refractivity contribution >= 4 is 17.3 Å². The van der Waals surface area contributed by atoms with Crippen molar-refractivity contribution in [1.29, 1.82) is 0 Å². The number of nitro benzene ring substituents is 1. The number of non-ortho nitro benzene ring substituents is 1. The number of nitro groups is 1. The smallest absolute Gasteiger partial charge is 0.296 e. The van der Waals surface area contributed by atoms with Gasteiger partial charge < -0.3 is 9.42 Å². The van der Waals surface area contributed by atoms with Gasteiger partial charge in [0.05, 0.1) is 16.3 Å². The first-order valence-electron chi connectivity index (χ1n) is 6.09. The number of anilines is 1. The molecule has 2 heterocycles. The number of hydrogen-bond acceptors (Lipinski definition) is 5. The molecule has 0 fully saturated rings. The molecule has 3 rings (SSSR count). The van der Waals surface area contributed by atoms with Crippen molar-refractivity contribution in [3.63, 3.8) is 0 Å². The van der Waals surface area contributed by atoms with E-state index in [0.29, 0.717) is 24.3 Å². The fourth-order valence-corrected chi connectivity index (χ4v) is 2.29. The van der Waals surface area contributed by atoms with Crippen LogP contribution in [0.15, 0.2) is 28.8 Å². The predicted molar refractivity (Wildman–Crippen MR) is 69.7 cm³/mol. The standard InChI is InChI=1S/C13H11N3O4/c1-8-6-12(20-14-8)13(17)15-5-4-9-2-3-10(16(18)19)7-11(9)15/h2-3,6-7H,4-5H2,1H3. The highest BCUT2D eigenvalue weighted by atomic mass is 16.6. The van der Waals surface area contributed by atoms with Crippen LogP contribution < -0.4 is 4.90 Å². The summed E-state index contributed by atoms with van der Waals surface area (Å²) in [5, 5.41) is 14.5. The summed E-state index contributed by atoms with van der Waals surface area (Å²) >= 11 is 0. The highest BCUT2D eigenvalue weighted by molar-refractivity contribution is 6.05. The third-order valence-corrected chi connectivity index (χ3v) is 3.26. The van der Waals surface area contributed by atoms with E-state index >= 15 is 0 Å². The van der Waals surface area contributed by atoms with E-state index in [1.807, 2.05) is 0 Å². The van der Waals surface area contributed by atoms with Crippen molar-refractivity contribution < 1.29 is 14.2 Å². The molecule has 20 heavy (non-hydrogen) atoms. The van der Waals surface area contributed by atoms with Gasteiger partial charge in [0, 0.05) is 24.7 Å². The Morgan fingerprint density at radius 3 is 2.90 bits per heavy atom. The van der Waals surface area contributed by atoms with Crippen LogP contribution in [-0.4, -0.2) is 22.5 Å². The molecular weight excluding hydrogens is 262 g/mol. The van der Waals surface area contributed by atoms with Crippen LogP contribution in [0.2, 0.25) is 0 Å². The van der Waals surface area contributed by atoms with Crippen molar-refractivity contribution in [2.24, 2.45) is 0 Å². The Labute approximate surface area is 113 Å². The van der Waals surface area contributed by atoms with E-state index in [-0.39, 0.29) is 17.4 Å². The maximum Gasteiger partial charge on any atom is 0.296 e. The van der Waals surface area contributed by atoms with Crippen LogP contribution in [0.4, 0.5) is 11.4 Å². The molecule has 0 saturated carbocycles. The minimum atomic E-state index is -0.472. The van der Waals surface area contributed by atoms with Crippen LogP contribution in [0, 0.1) is 17.0 Å². The van der Waals surface area contributed by atoms with Gasteiger partial charge in [-0.2, -0.15) is 0 Å². The number of benzene rings is 1. The lowest BCUT2D eigenvalue weighted by Crippen LogP contribution is -2.28. The SMILES string of the molecule is Cc1cc(C(=O)N2CCc3ccc([N+](=O)[O-])cc32)on1. The first-order chi connectivity index (χ1) is 9.56. The van der Waals surface area contributed by atoms with Gasteiger partial charge in [-0.25, -0.2) is 0 Å². The number of amides is 1. The summed E-state index contributed by atoms with van der Waals surface area (Å²) in [6.07, 6.45) is 0.673. The normalized spacial score (nSPS) is 13.3. The zero-order valence-electron chi connectivity index (χ0n) is 10.7. The van der Waals surface area contributed by atoms with Crippen LogP contribution in [-0.2, 0) is 6.42 Å². The van der Waals surface area contributed by atoms with E-state index in [2.05, 4.69) is 5.16 Å². The minimum absolute atomic E-state index is 0.0304. The Bertz CT molecular complexity index is 707. The van der Waals surface area contributed by atoms with Gasteiger partial charge in [-0.3, -0.25) is 14.9 Å². The number of hydrogen-bond donors (Lipinski definition) is 0. The first kappa shape index (κ1) is 12.3. The number of carbonyl (C=O) groups is 1. The molecule has 7 heteroatoms. The lowest BCUT2D eigenvalue weighted by Gasteiger charge is -2.14. The second-order valence-electron chi connectivity index (χ2n) is 4.61. The topological polar surface area (TPSA) is 89.5 Å². The maximum atomic E-state index is 12.3. The third-order valence-electron chi connectivity index (χ3n) is 3.26. The molecule has 0 spiro atoms. The Morgan fingerprint density at radius 1 is 1.45 bits per heavy atom. The fraction of sp³-hybridized carbons (Fsp3) is 0.231. The molecule has 1 aromatic heterocycles. The fourth-order valence-electron chi connectivity index (χ4n) is 2.29. The molecule has 0 N–H and O–H groups in total. The molecule has 1 amide bonds. The average Bonchev–Trinajstić information content (AvgIpc) is 3.03. The summed E-state index contributed by atoms with van der Waals surface area (Å²) in [5.41, 5.74) is 2.07. The summed E-state index contributed by atoms with van der Waals surface area (Å²) in [7, 11) is 0. The number of fused-ring (bicyclic) bond motifs is 1. The molecule has 1 aliphatic rings. The molecule has 1 aromatic carbocycles. The Kier molecular flexibility index (Phi) is 2.74. The molecule has 0 unspecified atom stereocenters. The van der Waals surface area contributed by atoms with Gasteiger partial charge >= 0.3 is 0 Å². The average molecular weight is 273 g/mol. The van der Waals surface area contributed by atoms with Crippen molar-refractivity contribution in [3.05, 3.63) is 51.4 Å². The van der Waals surface area contributed by atoms with E-state index in [1.54, 1.807) is 19.1 Å². The van der Waals surface area contributed by atoms with Gasteiger partial charge in [0.25, 0.3) is 11.6 Å². The Hall–Kier alpha value is -2.70. The largest absolute Gasteiger partial charge is 0.351 e. The van der Waals surface area contributed by atoms with E-state index in [1.165, 1.54) is 17.0 Å². The number of rotatable bonds is 2. The molecule has 0 saturated heterocycles.